The van der Waals surface area contributed by atoms with E-state index in [1.807, 2.05) is 0 Å². The van der Waals surface area contributed by atoms with Crippen molar-refractivity contribution in [2.45, 2.75) is 0 Å². The lowest BCUT2D eigenvalue weighted by molar-refractivity contribution is -0.111. The Kier molecular flexibility index (Phi) is 4.14. The van der Waals surface area contributed by atoms with Crippen molar-refractivity contribution in [1.29, 1.82) is 0 Å². The summed E-state index contributed by atoms with van der Waals surface area (Å²) in [5.41, 5.74) is 0.145. The van der Waals surface area contributed by atoms with Gasteiger partial charge in [-0.05, 0) is 30.3 Å². The second-order valence-electron chi connectivity index (χ2n) is 3.62. The van der Waals surface area contributed by atoms with Gasteiger partial charge in [-0.1, -0.05) is 23.2 Å². The molecular weight excluding hydrogens is 289 g/mol. The summed E-state index contributed by atoms with van der Waals surface area (Å²) in [6, 6.07) is 6.20. The van der Waals surface area contributed by atoms with Gasteiger partial charge in [0.05, 0.1) is 17.0 Å². The average molecular weight is 298 g/mol. The van der Waals surface area contributed by atoms with Crippen LogP contribution in [0.15, 0.2) is 41.0 Å². The molecule has 1 amide bonds. The molecule has 98 valence electrons. The minimum Gasteiger partial charge on any atom is -0.504 e. The minimum absolute atomic E-state index is 0.0674. The van der Waals surface area contributed by atoms with Crippen LogP contribution in [0.4, 0.5) is 5.69 Å². The summed E-state index contributed by atoms with van der Waals surface area (Å²) >= 11 is 11.5. The van der Waals surface area contributed by atoms with Gasteiger partial charge >= 0.3 is 0 Å². The van der Waals surface area contributed by atoms with E-state index in [0.717, 1.165) is 0 Å². The van der Waals surface area contributed by atoms with Gasteiger partial charge in [0.15, 0.2) is 5.75 Å². The van der Waals surface area contributed by atoms with Crippen LogP contribution in [0.25, 0.3) is 6.08 Å². The Morgan fingerprint density at radius 1 is 1.37 bits per heavy atom. The zero-order valence-corrected chi connectivity index (χ0v) is 11.1. The van der Waals surface area contributed by atoms with Crippen LogP contribution < -0.4 is 5.32 Å². The molecule has 0 atom stereocenters. The van der Waals surface area contributed by atoms with Gasteiger partial charge in [-0.25, -0.2) is 0 Å². The highest BCUT2D eigenvalue weighted by molar-refractivity contribution is 6.36. The summed E-state index contributed by atoms with van der Waals surface area (Å²) in [6.07, 6.45) is 4.27. The number of halogens is 2. The number of phenolic OH excluding ortho intramolecular Hbond substituents is 1. The number of carbonyl (C=O) groups excluding carboxylic acids is 1. The minimum atomic E-state index is -0.440. The molecule has 1 heterocycles. The lowest BCUT2D eigenvalue weighted by atomic mass is 10.3. The van der Waals surface area contributed by atoms with Crippen molar-refractivity contribution in [2.75, 3.05) is 5.32 Å². The molecule has 1 aromatic heterocycles. The number of phenols is 1. The highest BCUT2D eigenvalue weighted by atomic mass is 35.5. The number of benzene rings is 1. The Balaban J connectivity index is 2.11. The van der Waals surface area contributed by atoms with Crippen molar-refractivity contribution < 1.29 is 14.3 Å². The third-order valence-electron chi connectivity index (χ3n) is 2.23. The van der Waals surface area contributed by atoms with Crippen LogP contribution in [-0.4, -0.2) is 11.0 Å². The molecule has 1 aromatic carbocycles. The molecule has 0 saturated heterocycles. The van der Waals surface area contributed by atoms with Crippen molar-refractivity contribution in [2.24, 2.45) is 0 Å². The van der Waals surface area contributed by atoms with Crippen molar-refractivity contribution in [3.05, 3.63) is 52.4 Å². The summed E-state index contributed by atoms with van der Waals surface area (Å²) < 4.78 is 5.04. The van der Waals surface area contributed by atoms with Crippen LogP contribution >= 0.6 is 23.2 Å². The molecular formula is C13H9Cl2NO3. The quantitative estimate of drug-likeness (QED) is 0.666. The van der Waals surface area contributed by atoms with E-state index in [2.05, 4.69) is 5.32 Å². The molecule has 0 unspecified atom stereocenters. The van der Waals surface area contributed by atoms with Gasteiger partial charge in [-0.15, -0.1) is 0 Å². The van der Waals surface area contributed by atoms with Gasteiger partial charge in [-0.2, -0.15) is 0 Å². The molecule has 4 nitrogen and oxygen atoms in total. The number of rotatable bonds is 3. The van der Waals surface area contributed by atoms with Crippen molar-refractivity contribution in [1.82, 2.24) is 0 Å². The first-order valence-electron chi connectivity index (χ1n) is 5.27. The molecule has 6 heteroatoms. The first kappa shape index (κ1) is 13.5. The Bertz CT molecular complexity index is 621. The van der Waals surface area contributed by atoms with Gasteiger partial charge in [0, 0.05) is 11.1 Å². The van der Waals surface area contributed by atoms with Crippen LogP contribution in [0.1, 0.15) is 5.76 Å². The number of nitrogens with one attached hydrogen (secondary N) is 1. The van der Waals surface area contributed by atoms with Crippen LogP contribution in [-0.2, 0) is 4.79 Å². The zero-order valence-electron chi connectivity index (χ0n) is 9.56. The molecule has 2 aromatic rings. The van der Waals surface area contributed by atoms with Gasteiger partial charge in [0.1, 0.15) is 5.76 Å². The first-order valence-corrected chi connectivity index (χ1v) is 6.02. The van der Waals surface area contributed by atoms with Gasteiger partial charge in [-0.3, -0.25) is 4.79 Å². The summed E-state index contributed by atoms with van der Waals surface area (Å²) in [7, 11) is 0. The number of hydrogen-bond donors (Lipinski definition) is 2. The summed E-state index contributed by atoms with van der Waals surface area (Å²) in [6.45, 7) is 0. The summed E-state index contributed by atoms with van der Waals surface area (Å²) in [5, 5.41) is 12.5. The highest BCUT2D eigenvalue weighted by Crippen LogP contribution is 2.34. The fraction of sp³-hybridized carbons (Fsp3) is 0. The predicted octanol–water partition coefficient (Wildman–Crippen LogP) is 3.94. The molecule has 0 saturated carbocycles. The standard InChI is InChI=1S/C13H9Cl2NO3/c14-8-6-10(15)13(18)11(7-8)16-12(17)4-3-9-2-1-5-19-9/h1-7,18H,(H,16,17)/b4-3+. The molecule has 19 heavy (non-hydrogen) atoms. The molecule has 0 spiro atoms. The Hall–Kier alpha value is -1.91. The van der Waals surface area contributed by atoms with E-state index in [-0.39, 0.29) is 16.5 Å². The summed E-state index contributed by atoms with van der Waals surface area (Å²) in [4.78, 5) is 11.6. The van der Waals surface area contributed by atoms with E-state index in [1.165, 1.54) is 30.5 Å². The molecule has 0 fully saturated rings. The fourth-order valence-electron chi connectivity index (χ4n) is 1.38. The predicted molar refractivity (Wildman–Crippen MR) is 74.5 cm³/mol. The number of aromatic hydroxyl groups is 1. The largest absolute Gasteiger partial charge is 0.504 e. The van der Waals surface area contributed by atoms with Crippen LogP contribution in [0.2, 0.25) is 10.0 Å². The third kappa shape index (κ3) is 3.53. The number of anilines is 1. The zero-order chi connectivity index (χ0) is 13.8. The van der Waals surface area contributed by atoms with Gasteiger partial charge < -0.3 is 14.8 Å². The molecule has 0 radical (unpaired) electrons. The van der Waals surface area contributed by atoms with E-state index in [0.29, 0.717) is 10.8 Å². The average Bonchev–Trinajstić information content (AvgIpc) is 2.86. The number of carbonyl (C=O) groups is 1. The van der Waals surface area contributed by atoms with Crippen LogP contribution in [0, 0.1) is 0 Å². The van der Waals surface area contributed by atoms with Gasteiger partial charge in [0.2, 0.25) is 5.91 Å². The Labute approximate surface area is 119 Å². The van der Waals surface area contributed by atoms with Crippen molar-refractivity contribution in [3.8, 4) is 5.75 Å². The van der Waals surface area contributed by atoms with E-state index < -0.39 is 5.91 Å². The molecule has 2 N–H and O–H groups in total. The van der Waals surface area contributed by atoms with E-state index >= 15 is 0 Å². The lowest BCUT2D eigenvalue weighted by Crippen LogP contribution is -2.07. The van der Waals surface area contributed by atoms with E-state index in [1.54, 1.807) is 12.1 Å². The maximum atomic E-state index is 11.6. The topological polar surface area (TPSA) is 62.5 Å². The van der Waals surface area contributed by atoms with E-state index in [4.69, 9.17) is 27.6 Å². The van der Waals surface area contributed by atoms with Crippen LogP contribution in [0.5, 0.6) is 5.75 Å². The molecule has 0 aliphatic rings. The molecule has 0 aliphatic carbocycles. The second kappa shape index (κ2) is 5.82. The normalized spacial score (nSPS) is 10.8. The number of furan rings is 1. The number of hydrogen-bond acceptors (Lipinski definition) is 3. The molecule has 2 rings (SSSR count). The first-order chi connectivity index (χ1) is 9.06. The van der Waals surface area contributed by atoms with E-state index in [9.17, 15) is 9.90 Å². The van der Waals surface area contributed by atoms with Crippen LogP contribution in [0.3, 0.4) is 0 Å². The molecule has 0 bridgehead atoms. The lowest BCUT2D eigenvalue weighted by Gasteiger charge is -2.07. The summed E-state index contributed by atoms with van der Waals surface area (Å²) in [5.74, 6) is -0.126. The fourth-order valence-corrected chi connectivity index (χ4v) is 1.87. The maximum Gasteiger partial charge on any atom is 0.248 e. The molecule has 0 aliphatic heterocycles. The maximum absolute atomic E-state index is 11.6. The smallest absolute Gasteiger partial charge is 0.248 e. The van der Waals surface area contributed by atoms with Crippen molar-refractivity contribution in [3.63, 3.8) is 0 Å². The second-order valence-corrected chi connectivity index (χ2v) is 4.47. The Morgan fingerprint density at radius 2 is 2.16 bits per heavy atom. The Morgan fingerprint density at radius 3 is 2.84 bits per heavy atom. The van der Waals surface area contributed by atoms with Gasteiger partial charge in [0.25, 0.3) is 0 Å². The van der Waals surface area contributed by atoms with Crippen molar-refractivity contribution >= 4 is 40.9 Å². The monoisotopic (exact) mass is 297 g/mol. The number of amides is 1. The third-order valence-corrected chi connectivity index (χ3v) is 2.73. The highest BCUT2D eigenvalue weighted by Gasteiger charge is 2.09. The SMILES string of the molecule is O=C(/C=C/c1ccco1)Nc1cc(Cl)cc(Cl)c1O.